The molecule has 0 saturated carbocycles. The maximum absolute atomic E-state index is 13.3. The van der Waals surface area contributed by atoms with Gasteiger partial charge in [-0.1, -0.05) is 11.8 Å². The van der Waals surface area contributed by atoms with Gasteiger partial charge in [0.15, 0.2) is 15.0 Å². The molecule has 1 amide bonds. The minimum absolute atomic E-state index is 0.0310. The fourth-order valence-corrected chi connectivity index (χ4v) is 6.51. The molecule has 10 nitrogen and oxygen atoms in total. The van der Waals surface area contributed by atoms with Crippen molar-refractivity contribution in [2.24, 2.45) is 0 Å². The number of carbonyl (C=O) groups excluding carboxylic acids is 2. The monoisotopic (exact) mass is 495 g/mol. The summed E-state index contributed by atoms with van der Waals surface area (Å²) in [5, 5.41) is 3.43. The van der Waals surface area contributed by atoms with Crippen LogP contribution in [-0.2, 0) is 30.7 Å². The molecule has 2 aliphatic rings. The molecule has 2 fully saturated rings. The van der Waals surface area contributed by atoms with Crippen molar-refractivity contribution in [3.8, 4) is 0 Å². The van der Waals surface area contributed by atoms with Crippen LogP contribution in [0, 0.1) is 0 Å². The third-order valence-electron chi connectivity index (χ3n) is 5.68. The molecule has 1 aromatic carbocycles. The molecule has 2 saturated heterocycles. The van der Waals surface area contributed by atoms with Gasteiger partial charge in [-0.05, 0) is 37.5 Å². The van der Waals surface area contributed by atoms with Crippen molar-refractivity contribution in [3.63, 3.8) is 0 Å². The Morgan fingerprint density at radius 2 is 2.15 bits per heavy atom. The molecular formula is C21H25N3O7S2. The molecule has 178 valence electrons. The van der Waals surface area contributed by atoms with Gasteiger partial charge in [0, 0.05) is 12.6 Å². The van der Waals surface area contributed by atoms with Gasteiger partial charge in [0.1, 0.15) is 0 Å². The number of aromatic nitrogens is 2. The summed E-state index contributed by atoms with van der Waals surface area (Å²) in [7, 11) is -1.83. The maximum atomic E-state index is 13.3. The summed E-state index contributed by atoms with van der Waals surface area (Å²) in [6.07, 6.45) is 2.02. The van der Waals surface area contributed by atoms with Crippen LogP contribution in [0.4, 0.5) is 0 Å². The molecular weight excluding hydrogens is 470 g/mol. The van der Waals surface area contributed by atoms with Crippen LogP contribution in [0.25, 0.3) is 10.9 Å². The molecule has 3 heterocycles. The highest BCUT2D eigenvalue weighted by molar-refractivity contribution is 7.99. The molecule has 0 spiro atoms. The zero-order chi connectivity index (χ0) is 23.6. The van der Waals surface area contributed by atoms with Crippen LogP contribution >= 0.6 is 11.8 Å². The second-order valence-corrected chi connectivity index (χ2v) is 11.3. The van der Waals surface area contributed by atoms with Crippen LogP contribution in [0.15, 0.2) is 28.2 Å². The predicted molar refractivity (Wildman–Crippen MR) is 122 cm³/mol. The smallest absolute Gasteiger partial charge is 0.337 e. The van der Waals surface area contributed by atoms with Crippen molar-refractivity contribution in [3.05, 3.63) is 34.1 Å². The van der Waals surface area contributed by atoms with Crippen molar-refractivity contribution < 1.29 is 27.5 Å². The van der Waals surface area contributed by atoms with Gasteiger partial charge in [-0.2, -0.15) is 0 Å². The zero-order valence-electron chi connectivity index (χ0n) is 18.1. The molecule has 2 atom stereocenters. The van der Waals surface area contributed by atoms with Gasteiger partial charge in [0.25, 0.3) is 5.56 Å². The lowest BCUT2D eigenvalue weighted by Gasteiger charge is -2.17. The molecule has 33 heavy (non-hydrogen) atoms. The molecule has 0 unspecified atom stereocenters. The summed E-state index contributed by atoms with van der Waals surface area (Å²) in [4.78, 5) is 42.2. The van der Waals surface area contributed by atoms with E-state index in [1.54, 1.807) is 6.07 Å². The molecule has 4 rings (SSSR count). The number of thioether (sulfide) groups is 1. The Morgan fingerprint density at radius 3 is 2.82 bits per heavy atom. The van der Waals surface area contributed by atoms with Gasteiger partial charge < -0.3 is 14.8 Å². The van der Waals surface area contributed by atoms with Crippen LogP contribution in [0.2, 0.25) is 0 Å². The largest absolute Gasteiger partial charge is 0.465 e. The summed E-state index contributed by atoms with van der Waals surface area (Å²) in [5.41, 5.74) is 0.318. The van der Waals surface area contributed by atoms with E-state index < -0.39 is 21.8 Å². The summed E-state index contributed by atoms with van der Waals surface area (Å²) in [6, 6.07) is 4.16. The number of benzene rings is 1. The lowest BCUT2D eigenvalue weighted by Crippen LogP contribution is -2.37. The van der Waals surface area contributed by atoms with E-state index in [0.29, 0.717) is 35.6 Å². The van der Waals surface area contributed by atoms with Crippen LogP contribution in [0.3, 0.4) is 0 Å². The van der Waals surface area contributed by atoms with Crippen LogP contribution in [-0.4, -0.2) is 73.0 Å². The number of hydrogen-bond acceptors (Lipinski definition) is 9. The zero-order valence-corrected chi connectivity index (χ0v) is 19.7. The fourth-order valence-electron chi connectivity index (χ4n) is 4.02. The Morgan fingerprint density at radius 1 is 1.33 bits per heavy atom. The quantitative estimate of drug-likeness (QED) is 0.336. The van der Waals surface area contributed by atoms with Crippen molar-refractivity contribution in [2.45, 2.75) is 43.1 Å². The molecule has 12 heteroatoms. The second kappa shape index (κ2) is 9.82. The van der Waals surface area contributed by atoms with E-state index in [0.717, 1.165) is 24.6 Å². The van der Waals surface area contributed by atoms with Crippen LogP contribution < -0.4 is 10.9 Å². The van der Waals surface area contributed by atoms with Gasteiger partial charge >= 0.3 is 5.97 Å². The average Bonchev–Trinajstić information content (AvgIpc) is 3.42. The first kappa shape index (κ1) is 23.7. The molecule has 1 N–H and O–H groups in total. The third-order valence-corrected chi connectivity index (χ3v) is 8.43. The minimum Gasteiger partial charge on any atom is -0.465 e. The second-order valence-electron chi connectivity index (χ2n) is 8.12. The van der Waals surface area contributed by atoms with Gasteiger partial charge in [0.2, 0.25) is 5.91 Å². The molecule has 0 radical (unpaired) electrons. The Balaban J connectivity index is 1.59. The Labute approximate surface area is 195 Å². The number of sulfone groups is 1. The molecule has 0 aliphatic carbocycles. The Hall–Kier alpha value is -2.44. The minimum atomic E-state index is -3.10. The van der Waals surface area contributed by atoms with Crippen molar-refractivity contribution in [2.75, 3.05) is 31.0 Å². The highest BCUT2D eigenvalue weighted by atomic mass is 32.2. The number of carbonyl (C=O) groups is 2. The SMILES string of the molecule is COC(=O)c1ccc2c(=O)n(C[C@H]3CCCO3)c(SCC(=O)N[C@@H]3CCS(=O)(=O)C3)nc2c1. The van der Waals surface area contributed by atoms with Crippen LogP contribution in [0.5, 0.6) is 0 Å². The number of hydrogen-bond donors (Lipinski definition) is 1. The first-order valence-electron chi connectivity index (χ1n) is 10.6. The number of rotatable bonds is 7. The highest BCUT2D eigenvalue weighted by Crippen LogP contribution is 2.22. The highest BCUT2D eigenvalue weighted by Gasteiger charge is 2.29. The first-order valence-corrected chi connectivity index (χ1v) is 13.4. The average molecular weight is 496 g/mol. The normalized spacial score (nSPS) is 21.8. The fraction of sp³-hybridized carbons (Fsp3) is 0.524. The van der Waals surface area contributed by atoms with Crippen molar-refractivity contribution in [1.29, 1.82) is 0 Å². The number of ether oxygens (including phenoxy) is 2. The molecule has 2 aliphatic heterocycles. The lowest BCUT2D eigenvalue weighted by atomic mass is 10.1. The predicted octanol–water partition coefficient (Wildman–Crippen LogP) is 0.758. The number of esters is 1. The molecule has 0 bridgehead atoms. The van der Waals surface area contributed by atoms with E-state index in [-0.39, 0.29) is 40.4 Å². The van der Waals surface area contributed by atoms with E-state index >= 15 is 0 Å². The third kappa shape index (κ3) is 5.56. The Kier molecular flexibility index (Phi) is 7.05. The summed E-state index contributed by atoms with van der Waals surface area (Å²) in [6.45, 7) is 0.948. The van der Waals surface area contributed by atoms with Gasteiger partial charge in [-0.15, -0.1) is 0 Å². The van der Waals surface area contributed by atoms with Crippen molar-refractivity contribution >= 4 is 44.4 Å². The number of nitrogens with zero attached hydrogens (tertiary/aromatic N) is 2. The van der Waals surface area contributed by atoms with E-state index in [1.165, 1.54) is 23.8 Å². The standard InChI is InChI=1S/C21H25N3O7S2/c1-30-20(27)13-4-5-16-17(9-13)23-21(24(19(16)26)10-15-3-2-7-31-15)32-11-18(25)22-14-6-8-33(28,29)12-14/h4-5,9,14-15H,2-3,6-8,10-12H2,1H3,(H,22,25)/t14-,15-/m1/s1. The summed E-state index contributed by atoms with van der Waals surface area (Å²) in [5.74, 6) is -0.888. The molecule has 1 aromatic heterocycles. The van der Waals surface area contributed by atoms with E-state index in [2.05, 4.69) is 10.3 Å². The summed E-state index contributed by atoms with van der Waals surface area (Å²) >= 11 is 1.09. The number of methoxy groups -OCH3 is 1. The van der Waals surface area contributed by atoms with E-state index in [4.69, 9.17) is 9.47 Å². The first-order chi connectivity index (χ1) is 15.8. The van der Waals surface area contributed by atoms with Crippen molar-refractivity contribution in [1.82, 2.24) is 14.9 Å². The summed E-state index contributed by atoms with van der Waals surface area (Å²) < 4.78 is 35.2. The van der Waals surface area contributed by atoms with Gasteiger partial charge in [-0.3, -0.25) is 14.2 Å². The maximum Gasteiger partial charge on any atom is 0.337 e. The van der Waals surface area contributed by atoms with Gasteiger partial charge in [0.05, 0.1) is 53.5 Å². The number of fused-ring (bicyclic) bond motifs is 1. The van der Waals surface area contributed by atoms with Gasteiger partial charge in [-0.25, -0.2) is 18.2 Å². The molecule has 2 aromatic rings. The number of amides is 1. The lowest BCUT2D eigenvalue weighted by molar-refractivity contribution is -0.119. The number of nitrogens with one attached hydrogen (secondary N) is 1. The van der Waals surface area contributed by atoms with Crippen LogP contribution in [0.1, 0.15) is 29.6 Å². The Bertz CT molecular complexity index is 1240. The van der Waals surface area contributed by atoms with E-state index in [1.807, 2.05) is 0 Å². The topological polar surface area (TPSA) is 134 Å². The van der Waals surface area contributed by atoms with E-state index in [9.17, 15) is 22.8 Å².